The highest BCUT2D eigenvalue weighted by atomic mass is 32.1. The number of aromatic nitrogens is 3. The number of nitrogens with one attached hydrogen (secondary N) is 1. The number of nitrogens with zero attached hydrogens (tertiary/aromatic N) is 3. The first kappa shape index (κ1) is 12.0. The fourth-order valence-electron chi connectivity index (χ4n) is 1.66. The van der Waals surface area contributed by atoms with Crippen molar-refractivity contribution in [1.82, 2.24) is 20.2 Å². The molecule has 0 spiro atoms. The number of aryl methyl sites for hydroxylation is 2. The molecule has 6 nitrogen and oxygen atoms in total. The van der Waals surface area contributed by atoms with Crippen LogP contribution in [0.4, 0.5) is 5.82 Å². The van der Waals surface area contributed by atoms with Crippen LogP contribution in [-0.4, -0.2) is 14.8 Å². The highest BCUT2D eigenvalue weighted by molar-refractivity contribution is 7.09. The zero-order valence-electron chi connectivity index (χ0n) is 9.84. The molecule has 0 bridgehead atoms. The van der Waals surface area contributed by atoms with Crippen molar-refractivity contribution in [3.8, 4) is 0 Å². The Labute approximate surface area is 104 Å². The number of thiazole rings is 1. The van der Waals surface area contributed by atoms with Crippen LogP contribution in [0.1, 0.15) is 22.3 Å². The van der Waals surface area contributed by atoms with Gasteiger partial charge in [-0.05, 0) is 6.92 Å². The van der Waals surface area contributed by atoms with Gasteiger partial charge in [0.25, 0.3) is 0 Å². The fourth-order valence-corrected chi connectivity index (χ4v) is 2.48. The molecule has 2 aromatic heterocycles. The van der Waals surface area contributed by atoms with E-state index in [1.807, 2.05) is 12.3 Å². The minimum Gasteiger partial charge on any atom is -0.384 e. The lowest BCUT2D eigenvalue weighted by Crippen LogP contribution is -2.30. The van der Waals surface area contributed by atoms with Crippen LogP contribution in [0.15, 0.2) is 11.6 Å². The summed E-state index contributed by atoms with van der Waals surface area (Å²) >= 11 is 1.63. The molecular weight excluding hydrogens is 236 g/mol. The minimum atomic E-state index is -0.0609. The van der Waals surface area contributed by atoms with Gasteiger partial charge in [0.15, 0.2) is 0 Å². The lowest BCUT2D eigenvalue weighted by molar-refractivity contribution is 0.551. The standard InChI is InChI=1S/C10H16N6S/c1-6-5-17-9(14-6)3-8(15-12)7-4-13-16(2)10(7)11/h4-5,8,15H,3,11-12H2,1-2H3. The number of hydrogen-bond donors (Lipinski definition) is 3. The van der Waals surface area contributed by atoms with Crippen molar-refractivity contribution < 1.29 is 0 Å². The average Bonchev–Trinajstić information content (AvgIpc) is 2.85. The molecule has 0 aliphatic carbocycles. The molecule has 2 rings (SSSR count). The van der Waals surface area contributed by atoms with Crippen LogP contribution < -0.4 is 17.0 Å². The van der Waals surface area contributed by atoms with Crippen LogP contribution in [0.3, 0.4) is 0 Å². The maximum atomic E-state index is 5.93. The van der Waals surface area contributed by atoms with Crippen LogP contribution >= 0.6 is 11.3 Å². The SMILES string of the molecule is Cc1csc(CC(NN)c2cnn(C)c2N)n1. The van der Waals surface area contributed by atoms with Crippen LogP contribution in [-0.2, 0) is 13.5 Å². The number of nitrogens with two attached hydrogens (primary N) is 2. The molecule has 0 saturated carbocycles. The molecule has 2 aromatic rings. The summed E-state index contributed by atoms with van der Waals surface area (Å²) in [6, 6.07) is -0.0609. The molecule has 92 valence electrons. The lowest BCUT2D eigenvalue weighted by Gasteiger charge is -2.13. The van der Waals surface area contributed by atoms with E-state index in [2.05, 4.69) is 15.5 Å². The third-order valence-electron chi connectivity index (χ3n) is 2.64. The number of nitrogen functional groups attached to an aromatic ring is 1. The molecule has 0 saturated heterocycles. The summed E-state index contributed by atoms with van der Waals surface area (Å²) in [5.74, 6) is 6.20. The van der Waals surface area contributed by atoms with Crippen molar-refractivity contribution in [1.29, 1.82) is 0 Å². The Hall–Kier alpha value is -1.44. The van der Waals surface area contributed by atoms with E-state index in [9.17, 15) is 0 Å². The highest BCUT2D eigenvalue weighted by Crippen LogP contribution is 2.23. The van der Waals surface area contributed by atoms with Crippen molar-refractivity contribution in [2.24, 2.45) is 12.9 Å². The van der Waals surface area contributed by atoms with Crippen LogP contribution in [0, 0.1) is 6.92 Å². The summed E-state index contributed by atoms with van der Waals surface area (Å²) in [5.41, 5.74) is 10.6. The van der Waals surface area contributed by atoms with Gasteiger partial charge >= 0.3 is 0 Å². The Morgan fingerprint density at radius 2 is 2.35 bits per heavy atom. The third kappa shape index (κ3) is 2.46. The van der Waals surface area contributed by atoms with Gasteiger partial charge in [-0.1, -0.05) is 0 Å². The molecule has 2 heterocycles. The van der Waals surface area contributed by atoms with Crippen molar-refractivity contribution >= 4 is 17.2 Å². The number of anilines is 1. The zero-order chi connectivity index (χ0) is 12.4. The van der Waals surface area contributed by atoms with Gasteiger partial charge in [-0.15, -0.1) is 11.3 Å². The molecule has 0 aromatic carbocycles. The molecular formula is C10H16N6S. The Morgan fingerprint density at radius 1 is 1.59 bits per heavy atom. The van der Waals surface area contributed by atoms with E-state index in [1.165, 1.54) is 0 Å². The quantitative estimate of drug-likeness (QED) is 0.544. The van der Waals surface area contributed by atoms with Gasteiger partial charge in [-0.25, -0.2) is 4.98 Å². The molecule has 0 fully saturated rings. The van der Waals surface area contributed by atoms with Gasteiger partial charge in [0.1, 0.15) is 5.82 Å². The fraction of sp³-hybridized carbons (Fsp3) is 0.400. The van der Waals surface area contributed by atoms with Crippen molar-refractivity contribution in [2.75, 3.05) is 5.73 Å². The first-order chi connectivity index (χ1) is 8.11. The zero-order valence-corrected chi connectivity index (χ0v) is 10.7. The minimum absolute atomic E-state index is 0.0609. The van der Waals surface area contributed by atoms with Gasteiger partial charge in [0.05, 0.1) is 17.2 Å². The summed E-state index contributed by atoms with van der Waals surface area (Å²) in [7, 11) is 1.81. The molecule has 0 aliphatic heterocycles. The van der Waals surface area contributed by atoms with Gasteiger partial charge in [0.2, 0.25) is 0 Å². The molecule has 0 radical (unpaired) electrons. The first-order valence-electron chi connectivity index (χ1n) is 5.26. The van der Waals surface area contributed by atoms with E-state index < -0.39 is 0 Å². The van der Waals surface area contributed by atoms with Gasteiger partial charge in [-0.2, -0.15) is 5.10 Å². The van der Waals surface area contributed by atoms with E-state index in [1.54, 1.807) is 29.3 Å². The first-order valence-corrected chi connectivity index (χ1v) is 6.14. The van der Waals surface area contributed by atoms with E-state index in [4.69, 9.17) is 11.6 Å². The van der Waals surface area contributed by atoms with Gasteiger partial charge in [0, 0.05) is 30.1 Å². The van der Waals surface area contributed by atoms with E-state index >= 15 is 0 Å². The summed E-state index contributed by atoms with van der Waals surface area (Å²) in [6.45, 7) is 1.98. The predicted octanol–water partition coefficient (Wildman–Crippen LogP) is 0.514. The van der Waals surface area contributed by atoms with Crippen molar-refractivity contribution in [3.63, 3.8) is 0 Å². The maximum Gasteiger partial charge on any atom is 0.126 e. The van der Waals surface area contributed by atoms with Crippen LogP contribution in [0.5, 0.6) is 0 Å². The average molecular weight is 252 g/mol. The molecule has 0 amide bonds. The van der Waals surface area contributed by atoms with Crippen LogP contribution in [0.25, 0.3) is 0 Å². The van der Waals surface area contributed by atoms with E-state index in [0.717, 1.165) is 16.3 Å². The Kier molecular flexibility index (Phi) is 3.41. The smallest absolute Gasteiger partial charge is 0.126 e. The number of rotatable bonds is 4. The van der Waals surface area contributed by atoms with Gasteiger partial charge < -0.3 is 5.73 Å². The summed E-state index contributed by atoms with van der Waals surface area (Å²) in [5, 5.41) is 7.17. The number of hydrogen-bond acceptors (Lipinski definition) is 6. The monoisotopic (exact) mass is 252 g/mol. The van der Waals surface area contributed by atoms with E-state index in [0.29, 0.717) is 12.2 Å². The second-order valence-corrected chi connectivity index (χ2v) is 4.86. The molecule has 1 unspecified atom stereocenters. The third-order valence-corrected chi connectivity index (χ3v) is 3.63. The second-order valence-electron chi connectivity index (χ2n) is 3.91. The summed E-state index contributed by atoms with van der Waals surface area (Å²) in [4.78, 5) is 4.42. The van der Waals surface area contributed by atoms with E-state index in [-0.39, 0.29) is 6.04 Å². The molecule has 1 atom stereocenters. The highest BCUT2D eigenvalue weighted by Gasteiger charge is 2.18. The maximum absolute atomic E-state index is 5.93. The summed E-state index contributed by atoms with van der Waals surface area (Å²) < 4.78 is 1.63. The Bertz CT molecular complexity index is 503. The topological polar surface area (TPSA) is 94.8 Å². The molecule has 17 heavy (non-hydrogen) atoms. The molecule has 0 aliphatic rings. The van der Waals surface area contributed by atoms with Crippen LogP contribution in [0.2, 0.25) is 0 Å². The molecule has 5 N–H and O–H groups in total. The largest absolute Gasteiger partial charge is 0.384 e. The van der Waals surface area contributed by atoms with Crippen molar-refractivity contribution in [3.05, 3.63) is 27.8 Å². The molecule has 7 heteroatoms. The second kappa shape index (κ2) is 4.82. The van der Waals surface area contributed by atoms with Gasteiger partial charge in [-0.3, -0.25) is 16.0 Å². The van der Waals surface area contributed by atoms with Crippen molar-refractivity contribution in [2.45, 2.75) is 19.4 Å². The predicted molar refractivity (Wildman–Crippen MR) is 68.2 cm³/mol. The number of hydrazine groups is 1. The Balaban J connectivity index is 2.19. The normalized spacial score (nSPS) is 12.9. The Morgan fingerprint density at radius 3 is 2.82 bits per heavy atom. The summed E-state index contributed by atoms with van der Waals surface area (Å²) in [6.07, 6.45) is 2.45. The lowest BCUT2D eigenvalue weighted by atomic mass is 10.1.